The quantitative estimate of drug-likeness (QED) is 0.531. The molecule has 54 valence electrons. The highest BCUT2D eigenvalue weighted by molar-refractivity contribution is 9.09. The van der Waals surface area contributed by atoms with Gasteiger partial charge < -0.3 is 4.74 Å². The third-order valence-corrected chi connectivity index (χ3v) is 1.49. The molecule has 1 unspecified atom stereocenters. The van der Waals surface area contributed by atoms with Crippen LogP contribution in [0.1, 0.15) is 13.3 Å². The Balaban J connectivity index is 3.26. The molecule has 0 aromatic carbocycles. The van der Waals surface area contributed by atoms with Gasteiger partial charge in [0.1, 0.15) is 0 Å². The van der Waals surface area contributed by atoms with Gasteiger partial charge in [-0.3, -0.25) is 4.79 Å². The van der Waals surface area contributed by atoms with E-state index in [4.69, 9.17) is 11.6 Å². The maximum atomic E-state index is 10.2. The van der Waals surface area contributed by atoms with Crippen molar-refractivity contribution < 1.29 is 9.53 Å². The Hall–Kier alpha value is 0.240. The number of rotatable bonds is 3. The van der Waals surface area contributed by atoms with Crippen LogP contribution in [-0.4, -0.2) is 16.9 Å². The molecule has 0 bridgehead atoms. The van der Waals surface area contributed by atoms with Crippen LogP contribution in [0.25, 0.3) is 0 Å². The van der Waals surface area contributed by atoms with Crippen LogP contribution in [0.5, 0.6) is 0 Å². The van der Waals surface area contributed by atoms with Crippen molar-refractivity contribution in [1.29, 1.82) is 0 Å². The zero-order valence-corrected chi connectivity index (χ0v) is 7.41. The molecule has 0 fully saturated rings. The Bertz CT molecular complexity index is 97.0. The molecule has 0 aromatic rings. The lowest BCUT2D eigenvalue weighted by Gasteiger charge is -2.06. The Morgan fingerprint density at radius 2 is 2.44 bits per heavy atom. The van der Waals surface area contributed by atoms with Gasteiger partial charge in [0.05, 0.1) is 0 Å². The van der Waals surface area contributed by atoms with E-state index in [1.165, 1.54) is 6.92 Å². The first-order chi connectivity index (χ1) is 4.16. The van der Waals surface area contributed by atoms with Crippen LogP contribution in [-0.2, 0) is 9.53 Å². The summed E-state index contributed by atoms with van der Waals surface area (Å²) >= 11 is 8.47. The third-order valence-electron chi connectivity index (χ3n) is 0.630. The van der Waals surface area contributed by atoms with Crippen molar-refractivity contribution in [2.24, 2.45) is 0 Å². The van der Waals surface area contributed by atoms with E-state index in [1.807, 2.05) is 0 Å². The lowest BCUT2D eigenvalue weighted by molar-refractivity contribution is -0.142. The van der Waals surface area contributed by atoms with Crippen molar-refractivity contribution in [3.8, 4) is 0 Å². The highest BCUT2D eigenvalue weighted by Crippen LogP contribution is 2.07. The molecule has 0 spiro atoms. The SMILES string of the molecule is CC(=O)OC(Br)CCCl. The molecule has 0 N–H and O–H groups in total. The smallest absolute Gasteiger partial charge is 0.303 e. The number of halogens is 2. The molecule has 0 aliphatic heterocycles. The molecule has 0 aliphatic carbocycles. The lowest BCUT2D eigenvalue weighted by atomic mass is 10.5. The summed E-state index contributed by atoms with van der Waals surface area (Å²) in [6, 6.07) is 0. The Morgan fingerprint density at radius 3 is 2.78 bits per heavy atom. The predicted octanol–water partition coefficient (Wildman–Crippen LogP) is 1.90. The van der Waals surface area contributed by atoms with E-state index in [0.29, 0.717) is 12.3 Å². The minimum atomic E-state index is -0.290. The molecule has 0 amide bonds. The molecule has 0 saturated carbocycles. The fraction of sp³-hybridized carbons (Fsp3) is 0.800. The summed E-state index contributed by atoms with van der Waals surface area (Å²) in [4.78, 5) is 10.2. The van der Waals surface area contributed by atoms with Gasteiger partial charge in [-0.1, -0.05) is 0 Å². The Morgan fingerprint density at radius 1 is 1.89 bits per heavy atom. The van der Waals surface area contributed by atoms with Crippen molar-refractivity contribution >= 4 is 33.5 Å². The van der Waals surface area contributed by atoms with Gasteiger partial charge in [-0.25, -0.2) is 0 Å². The van der Waals surface area contributed by atoms with Crippen molar-refractivity contribution in [3.63, 3.8) is 0 Å². The number of hydrogen-bond donors (Lipinski definition) is 0. The van der Waals surface area contributed by atoms with E-state index in [0.717, 1.165) is 0 Å². The van der Waals surface area contributed by atoms with Crippen molar-refractivity contribution in [1.82, 2.24) is 0 Å². The van der Waals surface area contributed by atoms with Crippen molar-refractivity contribution in [2.75, 3.05) is 5.88 Å². The second-order valence-electron chi connectivity index (χ2n) is 1.50. The van der Waals surface area contributed by atoms with Crippen LogP contribution in [0.3, 0.4) is 0 Å². The molecule has 0 aliphatic rings. The maximum absolute atomic E-state index is 10.2. The van der Waals surface area contributed by atoms with E-state index in [2.05, 4.69) is 20.7 Å². The molecule has 0 saturated heterocycles. The summed E-state index contributed by atoms with van der Waals surface area (Å²) in [5.74, 6) is 0.199. The summed E-state index contributed by atoms with van der Waals surface area (Å²) in [6.07, 6.45) is 0.640. The van der Waals surface area contributed by atoms with E-state index < -0.39 is 0 Å². The van der Waals surface area contributed by atoms with Crippen LogP contribution in [0.15, 0.2) is 0 Å². The number of alkyl halides is 2. The number of hydrogen-bond acceptors (Lipinski definition) is 2. The van der Waals surface area contributed by atoms with Crippen molar-refractivity contribution in [3.05, 3.63) is 0 Å². The van der Waals surface area contributed by atoms with Gasteiger partial charge in [-0.2, -0.15) is 0 Å². The molecule has 1 atom stereocenters. The van der Waals surface area contributed by atoms with E-state index >= 15 is 0 Å². The van der Waals surface area contributed by atoms with Gasteiger partial charge >= 0.3 is 5.97 Å². The van der Waals surface area contributed by atoms with Gasteiger partial charge in [0.15, 0.2) is 5.01 Å². The number of carbonyl (C=O) groups is 1. The zero-order valence-electron chi connectivity index (χ0n) is 5.06. The number of carbonyl (C=O) groups excluding carboxylic acids is 1. The van der Waals surface area contributed by atoms with Gasteiger partial charge in [0.2, 0.25) is 0 Å². The molecule has 4 heteroatoms. The molecule has 0 rings (SSSR count). The van der Waals surface area contributed by atoms with E-state index in [-0.39, 0.29) is 11.0 Å². The first-order valence-corrected chi connectivity index (χ1v) is 3.99. The molecule has 0 radical (unpaired) electrons. The van der Waals surface area contributed by atoms with Crippen LogP contribution < -0.4 is 0 Å². The Kier molecular flexibility index (Phi) is 5.19. The van der Waals surface area contributed by atoms with Crippen LogP contribution >= 0.6 is 27.5 Å². The summed E-state index contributed by atoms with van der Waals surface area (Å²) in [7, 11) is 0. The second kappa shape index (κ2) is 5.06. The lowest BCUT2D eigenvalue weighted by Crippen LogP contribution is -2.08. The average molecular weight is 215 g/mol. The number of esters is 1. The topological polar surface area (TPSA) is 26.3 Å². The Labute approximate surface area is 67.6 Å². The zero-order chi connectivity index (χ0) is 7.28. The van der Waals surface area contributed by atoms with Gasteiger partial charge in [-0.05, 0) is 15.9 Å². The predicted molar refractivity (Wildman–Crippen MR) is 39.8 cm³/mol. The maximum Gasteiger partial charge on any atom is 0.303 e. The van der Waals surface area contributed by atoms with Crippen LogP contribution in [0, 0.1) is 0 Å². The average Bonchev–Trinajstić information content (AvgIpc) is 1.63. The van der Waals surface area contributed by atoms with E-state index in [1.54, 1.807) is 0 Å². The van der Waals surface area contributed by atoms with E-state index in [9.17, 15) is 4.79 Å². The standard InChI is InChI=1S/C5H8BrClO2/c1-4(8)9-5(6)2-3-7/h5H,2-3H2,1H3. The third kappa shape index (κ3) is 6.12. The number of ether oxygens (including phenoxy) is 1. The molecule has 9 heavy (non-hydrogen) atoms. The largest absolute Gasteiger partial charge is 0.451 e. The normalized spacial score (nSPS) is 12.8. The minimum Gasteiger partial charge on any atom is -0.451 e. The molecule has 0 aromatic heterocycles. The van der Waals surface area contributed by atoms with Gasteiger partial charge in [0.25, 0.3) is 0 Å². The first kappa shape index (κ1) is 9.24. The molecule has 2 nitrogen and oxygen atoms in total. The highest BCUT2D eigenvalue weighted by atomic mass is 79.9. The molecular weight excluding hydrogens is 207 g/mol. The monoisotopic (exact) mass is 214 g/mol. The van der Waals surface area contributed by atoms with Gasteiger partial charge in [-0.15, -0.1) is 11.6 Å². The summed E-state index contributed by atoms with van der Waals surface area (Å²) in [5.41, 5.74) is 0. The van der Waals surface area contributed by atoms with Crippen LogP contribution in [0.2, 0.25) is 0 Å². The summed E-state index contributed by atoms with van der Waals surface area (Å²) < 4.78 is 4.68. The summed E-state index contributed by atoms with van der Waals surface area (Å²) in [5, 5.41) is -0.229. The van der Waals surface area contributed by atoms with Crippen LogP contribution in [0.4, 0.5) is 0 Å². The fourth-order valence-electron chi connectivity index (χ4n) is 0.325. The fourth-order valence-corrected chi connectivity index (χ4v) is 1.28. The first-order valence-electron chi connectivity index (χ1n) is 2.54. The second-order valence-corrected chi connectivity index (χ2v) is 2.90. The summed E-state index contributed by atoms with van der Waals surface area (Å²) in [6.45, 7) is 1.36. The van der Waals surface area contributed by atoms with Crippen molar-refractivity contribution in [2.45, 2.75) is 18.4 Å². The highest BCUT2D eigenvalue weighted by Gasteiger charge is 2.04. The molecule has 0 heterocycles. The van der Waals surface area contributed by atoms with Gasteiger partial charge in [0, 0.05) is 19.2 Å². The molecular formula is C5H8BrClO2. The minimum absolute atomic E-state index is 0.229.